The molecule has 0 aliphatic rings. The molecular formula is C15H14ClFN2O2. The lowest BCUT2D eigenvalue weighted by Crippen LogP contribution is -2.21. The van der Waals surface area contributed by atoms with Gasteiger partial charge in [0.15, 0.2) is 6.61 Å². The van der Waals surface area contributed by atoms with E-state index >= 15 is 0 Å². The molecule has 2 rings (SSSR count). The van der Waals surface area contributed by atoms with Crippen molar-refractivity contribution >= 4 is 28.9 Å². The molecule has 0 atom stereocenters. The molecule has 0 bridgehead atoms. The highest BCUT2D eigenvalue weighted by Crippen LogP contribution is 2.25. The number of carbonyl (C=O) groups excluding carboxylic acids is 1. The number of ether oxygens (including phenoxy) is 1. The van der Waals surface area contributed by atoms with Gasteiger partial charge in [-0.25, -0.2) is 4.39 Å². The van der Waals surface area contributed by atoms with E-state index in [4.69, 9.17) is 22.1 Å². The van der Waals surface area contributed by atoms with Gasteiger partial charge < -0.3 is 15.8 Å². The van der Waals surface area contributed by atoms with Crippen molar-refractivity contribution in [2.45, 2.75) is 6.92 Å². The number of amides is 1. The standard InChI is InChI=1S/C15H14ClFN2O2/c1-9-12(18)3-2-4-13(9)19-15(20)8-21-14-6-5-10(17)7-11(14)16/h2-7H,8,18H2,1H3,(H,19,20). The van der Waals surface area contributed by atoms with Crippen molar-refractivity contribution in [3.63, 3.8) is 0 Å². The Hall–Kier alpha value is -2.27. The third kappa shape index (κ3) is 3.86. The highest BCUT2D eigenvalue weighted by atomic mass is 35.5. The second-order valence-corrected chi connectivity index (χ2v) is 4.84. The quantitative estimate of drug-likeness (QED) is 0.851. The van der Waals surface area contributed by atoms with Crippen molar-refractivity contribution in [1.82, 2.24) is 0 Å². The molecule has 110 valence electrons. The molecule has 2 aromatic rings. The fourth-order valence-electron chi connectivity index (χ4n) is 1.71. The maximum atomic E-state index is 12.9. The Balaban J connectivity index is 1.97. The minimum absolute atomic E-state index is 0.114. The van der Waals surface area contributed by atoms with Crippen LogP contribution in [-0.2, 0) is 4.79 Å². The van der Waals surface area contributed by atoms with E-state index in [1.54, 1.807) is 18.2 Å². The van der Waals surface area contributed by atoms with E-state index < -0.39 is 5.82 Å². The minimum atomic E-state index is -0.466. The van der Waals surface area contributed by atoms with Gasteiger partial charge in [0.2, 0.25) is 0 Å². The lowest BCUT2D eigenvalue weighted by atomic mass is 10.1. The fourth-order valence-corrected chi connectivity index (χ4v) is 1.93. The van der Waals surface area contributed by atoms with Gasteiger partial charge in [0, 0.05) is 11.4 Å². The van der Waals surface area contributed by atoms with Crippen LogP contribution in [-0.4, -0.2) is 12.5 Å². The number of carbonyl (C=O) groups is 1. The third-order valence-corrected chi connectivity index (χ3v) is 3.20. The van der Waals surface area contributed by atoms with Crippen LogP contribution in [0.3, 0.4) is 0 Å². The van der Waals surface area contributed by atoms with Gasteiger partial charge in [0.25, 0.3) is 5.91 Å². The predicted molar refractivity (Wildman–Crippen MR) is 81.1 cm³/mol. The summed E-state index contributed by atoms with van der Waals surface area (Å²) in [5.41, 5.74) is 7.76. The number of anilines is 2. The summed E-state index contributed by atoms with van der Waals surface area (Å²) in [4.78, 5) is 11.8. The van der Waals surface area contributed by atoms with Crippen LogP contribution in [0.1, 0.15) is 5.56 Å². The maximum absolute atomic E-state index is 12.9. The molecule has 0 aromatic heterocycles. The molecular weight excluding hydrogens is 295 g/mol. The molecule has 0 aliphatic heterocycles. The molecule has 0 fully saturated rings. The van der Waals surface area contributed by atoms with Gasteiger partial charge in [-0.3, -0.25) is 4.79 Å². The smallest absolute Gasteiger partial charge is 0.262 e. The normalized spacial score (nSPS) is 10.2. The summed E-state index contributed by atoms with van der Waals surface area (Å²) in [5.74, 6) is -0.575. The Morgan fingerprint density at radius 2 is 2.14 bits per heavy atom. The molecule has 2 aromatic carbocycles. The Bertz CT molecular complexity index is 677. The van der Waals surface area contributed by atoms with Crippen LogP contribution in [0.5, 0.6) is 5.75 Å². The summed E-state index contributed by atoms with van der Waals surface area (Å²) < 4.78 is 18.1. The van der Waals surface area contributed by atoms with Crippen molar-refractivity contribution in [1.29, 1.82) is 0 Å². The Morgan fingerprint density at radius 3 is 2.86 bits per heavy atom. The lowest BCUT2D eigenvalue weighted by molar-refractivity contribution is -0.118. The first-order chi connectivity index (χ1) is 9.97. The van der Waals surface area contributed by atoms with Gasteiger partial charge in [0.05, 0.1) is 5.02 Å². The largest absolute Gasteiger partial charge is 0.482 e. The monoisotopic (exact) mass is 308 g/mol. The summed E-state index contributed by atoms with van der Waals surface area (Å²) in [6.45, 7) is 1.57. The van der Waals surface area contributed by atoms with Crippen molar-refractivity contribution in [3.05, 3.63) is 52.8 Å². The molecule has 21 heavy (non-hydrogen) atoms. The number of benzene rings is 2. The van der Waals surface area contributed by atoms with Gasteiger partial charge in [0.1, 0.15) is 11.6 Å². The number of nitrogens with one attached hydrogen (secondary N) is 1. The van der Waals surface area contributed by atoms with E-state index in [1.165, 1.54) is 12.1 Å². The zero-order valence-electron chi connectivity index (χ0n) is 11.3. The highest BCUT2D eigenvalue weighted by Gasteiger charge is 2.09. The summed E-state index contributed by atoms with van der Waals surface area (Å²) in [5, 5.41) is 2.80. The van der Waals surface area contributed by atoms with Gasteiger partial charge >= 0.3 is 0 Å². The number of halogens is 2. The molecule has 0 saturated heterocycles. The molecule has 4 nitrogen and oxygen atoms in total. The SMILES string of the molecule is Cc1c(N)cccc1NC(=O)COc1ccc(F)cc1Cl. The number of hydrogen-bond donors (Lipinski definition) is 2. The minimum Gasteiger partial charge on any atom is -0.482 e. The van der Waals surface area contributed by atoms with Gasteiger partial charge in [-0.1, -0.05) is 17.7 Å². The predicted octanol–water partition coefficient (Wildman–Crippen LogP) is 3.39. The van der Waals surface area contributed by atoms with Crippen LogP contribution >= 0.6 is 11.6 Å². The van der Waals surface area contributed by atoms with E-state index in [0.717, 1.165) is 11.6 Å². The van der Waals surface area contributed by atoms with Gasteiger partial charge in [-0.05, 0) is 42.8 Å². The summed E-state index contributed by atoms with van der Waals surface area (Å²) in [6, 6.07) is 8.94. The Morgan fingerprint density at radius 1 is 1.38 bits per heavy atom. The van der Waals surface area contributed by atoms with E-state index in [0.29, 0.717) is 11.4 Å². The molecule has 1 amide bonds. The van der Waals surface area contributed by atoms with Crippen LogP contribution in [0.15, 0.2) is 36.4 Å². The zero-order chi connectivity index (χ0) is 15.4. The molecule has 0 saturated carbocycles. The van der Waals surface area contributed by atoms with E-state index in [9.17, 15) is 9.18 Å². The summed E-state index contributed by atoms with van der Waals surface area (Å²) >= 11 is 5.81. The number of hydrogen-bond acceptors (Lipinski definition) is 3. The van der Waals surface area contributed by atoms with Crippen LogP contribution in [0.4, 0.5) is 15.8 Å². The molecule has 3 N–H and O–H groups in total. The van der Waals surface area contributed by atoms with E-state index in [1.807, 2.05) is 6.92 Å². The van der Waals surface area contributed by atoms with Crippen molar-refractivity contribution in [3.8, 4) is 5.75 Å². The van der Waals surface area contributed by atoms with Gasteiger partial charge in [-0.15, -0.1) is 0 Å². The summed E-state index contributed by atoms with van der Waals surface area (Å²) in [7, 11) is 0. The lowest BCUT2D eigenvalue weighted by Gasteiger charge is -2.11. The highest BCUT2D eigenvalue weighted by molar-refractivity contribution is 6.32. The van der Waals surface area contributed by atoms with E-state index in [2.05, 4.69) is 5.32 Å². The third-order valence-electron chi connectivity index (χ3n) is 2.90. The molecule has 0 radical (unpaired) electrons. The number of rotatable bonds is 4. The van der Waals surface area contributed by atoms with Crippen molar-refractivity contribution in [2.24, 2.45) is 0 Å². The molecule has 6 heteroatoms. The first kappa shape index (κ1) is 15.1. The maximum Gasteiger partial charge on any atom is 0.262 e. The van der Waals surface area contributed by atoms with E-state index in [-0.39, 0.29) is 23.3 Å². The van der Waals surface area contributed by atoms with Gasteiger partial charge in [-0.2, -0.15) is 0 Å². The summed E-state index contributed by atoms with van der Waals surface area (Å²) in [6.07, 6.45) is 0. The molecule has 0 unspecified atom stereocenters. The Labute approximate surface area is 126 Å². The van der Waals surface area contributed by atoms with Crippen LogP contribution < -0.4 is 15.8 Å². The first-order valence-electron chi connectivity index (χ1n) is 6.20. The number of nitrogens with two attached hydrogens (primary N) is 1. The van der Waals surface area contributed by atoms with Crippen LogP contribution in [0.2, 0.25) is 5.02 Å². The fraction of sp³-hybridized carbons (Fsp3) is 0.133. The van der Waals surface area contributed by atoms with Crippen molar-refractivity contribution < 1.29 is 13.9 Å². The van der Waals surface area contributed by atoms with Crippen LogP contribution in [0.25, 0.3) is 0 Å². The second-order valence-electron chi connectivity index (χ2n) is 4.43. The first-order valence-corrected chi connectivity index (χ1v) is 6.58. The average Bonchev–Trinajstić information content (AvgIpc) is 2.43. The van der Waals surface area contributed by atoms with Crippen molar-refractivity contribution in [2.75, 3.05) is 17.7 Å². The molecule has 0 spiro atoms. The average molecular weight is 309 g/mol. The zero-order valence-corrected chi connectivity index (χ0v) is 12.1. The second kappa shape index (κ2) is 6.45. The topological polar surface area (TPSA) is 64.3 Å². The Kier molecular flexibility index (Phi) is 4.65. The molecule has 0 heterocycles. The number of nitrogen functional groups attached to an aromatic ring is 1. The molecule has 0 aliphatic carbocycles. The van der Waals surface area contributed by atoms with Crippen LogP contribution in [0, 0.1) is 12.7 Å².